The van der Waals surface area contributed by atoms with Crippen molar-refractivity contribution >= 4 is 17.6 Å². The Morgan fingerprint density at radius 2 is 1.71 bits per heavy atom. The lowest BCUT2D eigenvalue weighted by Gasteiger charge is -2.20. The molecule has 0 amide bonds. The Hall–Kier alpha value is -2.90. The van der Waals surface area contributed by atoms with Gasteiger partial charge in [0.2, 0.25) is 11.7 Å². The van der Waals surface area contributed by atoms with Crippen LogP contribution in [-0.2, 0) is 9.59 Å². The van der Waals surface area contributed by atoms with E-state index in [1.54, 1.807) is 31.2 Å². The van der Waals surface area contributed by atoms with Gasteiger partial charge in [0, 0.05) is 18.2 Å². The van der Waals surface area contributed by atoms with Crippen molar-refractivity contribution in [2.75, 3.05) is 18.0 Å². The molecule has 2 N–H and O–H groups in total. The summed E-state index contributed by atoms with van der Waals surface area (Å²) in [5.74, 6) is -1.35. The first-order chi connectivity index (χ1) is 9.95. The molecule has 0 aliphatic heterocycles. The van der Waals surface area contributed by atoms with Gasteiger partial charge in [0.05, 0.1) is 0 Å². The molecule has 0 aliphatic carbocycles. The fourth-order valence-electron chi connectivity index (χ4n) is 1.80. The van der Waals surface area contributed by atoms with E-state index in [9.17, 15) is 9.59 Å². The smallest absolute Gasteiger partial charge is 0.323 e. The van der Waals surface area contributed by atoms with Crippen molar-refractivity contribution in [1.82, 2.24) is 10.1 Å². The normalized spacial score (nSPS) is 10.3. The lowest BCUT2D eigenvalue weighted by atomic mass is 10.2. The van der Waals surface area contributed by atoms with Crippen molar-refractivity contribution in [3.8, 4) is 11.4 Å². The van der Waals surface area contributed by atoms with Crippen LogP contribution in [0.15, 0.2) is 28.8 Å². The van der Waals surface area contributed by atoms with E-state index >= 15 is 0 Å². The number of hydrogen-bond donors (Lipinski definition) is 2. The third-order valence-corrected chi connectivity index (χ3v) is 2.67. The second-order valence-corrected chi connectivity index (χ2v) is 4.33. The molecule has 1 aromatic heterocycles. The largest absolute Gasteiger partial charge is 0.480 e. The average Bonchev–Trinajstić information content (AvgIpc) is 2.84. The van der Waals surface area contributed by atoms with E-state index in [0.29, 0.717) is 23.0 Å². The highest BCUT2D eigenvalue weighted by atomic mass is 16.5. The minimum atomic E-state index is -1.10. The molecule has 0 bridgehead atoms. The number of carboxylic acids is 2. The van der Waals surface area contributed by atoms with Gasteiger partial charge >= 0.3 is 11.9 Å². The molecule has 0 aliphatic rings. The third kappa shape index (κ3) is 3.78. The van der Waals surface area contributed by atoms with Crippen LogP contribution >= 0.6 is 0 Å². The van der Waals surface area contributed by atoms with Gasteiger partial charge in [0.1, 0.15) is 13.1 Å². The van der Waals surface area contributed by atoms with Gasteiger partial charge in [0.15, 0.2) is 0 Å². The maximum atomic E-state index is 10.8. The van der Waals surface area contributed by atoms with E-state index in [4.69, 9.17) is 14.7 Å². The molecule has 0 unspecified atom stereocenters. The summed E-state index contributed by atoms with van der Waals surface area (Å²) in [6.45, 7) is 0.881. The summed E-state index contributed by atoms with van der Waals surface area (Å²) in [6.07, 6.45) is 0. The molecule has 2 rings (SSSR count). The topological polar surface area (TPSA) is 117 Å². The molecule has 2 aromatic rings. The van der Waals surface area contributed by atoms with Crippen molar-refractivity contribution in [3.63, 3.8) is 0 Å². The van der Waals surface area contributed by atoms with Gasteiger partial charge in [-0.25, -0.2) is 0 Å². The van der Waals surface area contributed by atoms with E-state index in [-0.39, 0.29) is 0 Å². The first kappa shape index (κ1) is 14.5. The maximum absolute atomic E-state index is 10.8. The first-order valence-electron chi connectivity index (χ1n) is 6.05. The second kappa shape index (κ2) is 6.04. The zero-order valence-electron chi connectivity index (χ0n) is 11.2. The molecule has 0 saturated carbocycles. The quantitative estimate of drug-likeness (QED) is 0.810. The maximum Gasteiger partial charge on any atom is 0.323 e. The molecular weight excluding hydrogens is 278 g/mol. The number of anilines is 1. The van der Waals surface area contributed by atoms with Gasteiger partial charge < -0.3 is 19.6 Å². The molecular formula is C13H13N3O5. The summed E-state index contributed by atoms with van der Waals surface area (Å²) < 4.78 is 4.87. The van der Waals surface area contributed by atoms with Gasteiger partial charge in [-0.3, -0.25) is 9.59 Å². The lowest BCUT2D eigenvalue weighted by Crippen LogP contribution is -2.34. The molecule has 8 heteroatoms. The van der Waals surface area contributed by atoms with E-state index in [1.165, 1.54) is 4.90 Å². The fraction of sp³-hybridized carbons (Fsp3) is 0.231. The average molecular weight is 291 g/mol. The molecule has 1 heterocycles. The lowest BCUT2D eigenvalue weighted by molar-refractivity contribution is -0.136. The van der Waals surface area contributed by atoms with Crippen LogP contribution in [0, 0.1) is 6.92 Å². The number of aliphatic carboxylic acids is 2. The van der Waals surface area contributed by atoms with Crippen molar-refractivity contribution < 1.29 is 24.3 Å². The Balaban J connectivity index is 2.22. The zero-order chi connectivity index (χ0) is 15.4. The molecule has 110 valence electrons. The van der Waals surface area contributed by atoms with Crippen LogP contribution in [0.4, 0.5) is 5.69 Å². The van der Waals surface area contributed by atoms with Crippen LogP contribution in [0.25, 0.3) is 11.4 Å². The summed E-state index contributed by atoms with van der Waals surface area (Å²) >= 11 is 0. The standard InChI is InChI=1S/C13H13N3O5/c1-8-14-13(15-21-8)9-2-4-10(5-3-9)16(6-11(17)18)7-12(19)20/h2-5H,6-7H2,1H3,(H,17,18)(H,19,20). The Kier molecular flexibility index (Phi) is 4.17. The highest BCUT2D eigenvalue weighted by Crippen LogP contribution is 2.21. The molecule has 0 radical (unpaired) electrons. The molecule has 0 spiro atoms. The first-order valence-corrected chi connectivity index (χ1v) is 6.05. The highest BCUT2D eigenvalue weighted by molar-refractivity contribution is 5.79. The number of aromatic nitrogens is 2. The number of carbonyl (C=O) groups is 2. The van der Waals surface area contributed by atoms with Crippen LogP contribution in [0.1, 0.15) is 5.89 Å². The summed E-state index contributed by atoms with van der Waals surface area (Å²) in [4.78, 5) is 26.9. The van der Waals surface area contributed by atoms with Crippen LogP contribution in [0.2, 0.25) is 0 Å². The monoisotopic (exact) mass is 291 g/mol. The highest BCUT2D eigenvalue weighted by Gasteiger charge is 2.15. The van der Waals surface area contributed by atoms with Gasteiger partial charge in [0.25, 0.3) is 0 Å². The predicted molar refractivity (Wildman–Crippen MR) is 72.0 cm³/mol. The number of rotatable bonds is 6. The number of benzene rings is 1. The Morgan fingerprint density at radius 3 is 2.14 bits per heavy atom. The number of carboxylic acid groups (broad SMARTS) is 2. The predicted octanol–water partition coefficient (Wildman–Crippen LogP) is 1.02. The van der Waals surface area contributed by atoms with E-state index in [2.05, 4.69) is 10.1 Å². The Labute approximate surface area is 119 Å². The second-order valence-electron chi connectivity index (χ2n) is 4.33. The van der Waals surface area contributed by atoms with Gasteiger partial charge in [-0.05, 0) is 24.3 Å². The van der Waals surface area contributed by atoms with Gasteiger partial charge in [-0.15, -0.1) is 0 Å². The van der Waals surface area contributed by atoms with Crippen LogP contribution in [0.5, 0.6) is 0 Å². The van der Waals surface area contributed by atoms with Crippen molar-refractivity contribution in [2.45, 2.75) is 6.92 Å². The molecule has 1 aromatic carbocycles. The molecule has 8 nitrogen and oxygen atoms in total. The summed E-state index contributed by atoms with van der Waals surface area (Å²) in [5, 5.41) is 21.4. The van der Waals surface area contributed by atoms with E-state index in [0.717, 1.165) is 0 Å². The molecule has 0 atom stereocenters. The van der Waals surface area contributed by atoms with Crippen LogP contribution < -0.4 is 4.90 Å². The van der Waals surface area contributed by atoms with Crippen LogP contribution in [0.3, 0.4) is 0 Å². The summed E-state index contributed by atoms with van der Waals surface area (Å²) in [7, 11) is 0. The van der Waals surface area contributed by atoms with E-state index < -0.39 is 25.0 Å². The van der Waals surface area contributed by atoms with Crippen molar-refractivity contribution in [1.29, 1.82) is 0 Å². The van der Waals surface area contributed by atoms with Gasteiger partial charge in [-0.2, -0.15) is 4.98 Å². The summed E-state index contributed by atoms with van der Waals surface area (Å²) in [5.41, 5.74) is 1.19. The van der Waals surface area contributed by atoms with Crippen molar-refractivity contribution in [3.05, 3.63) is 30.2 Å². The number of aryl methyl sites for hydroxylation is 1. The third-order valence-electron chi connectivity index (χ3n) is 2.67. The minimum Gasteiger partial charge on any atom is -0.480 e. The number of hydrogen-bond acceptors (Lipinski definition) is 6. The Morgan fingerprint density at radius 1 is 1.14 bits per heavy atom. The van der Waals surface area contributed by atoms with Crippen LogP contribution in [-0.4, -0.2) is 45.4 Å². The molecule has 0 fully saturated rings. The zero-order valence-corrected chi connectivity index (χ0v) is 11.2. The minimum absolute atomic E-state index is 0.396. The fourth-order valence-corrected chi connectivity index (χ4v) is 1.80. The van der Waals surface area contributed by atoms with E-state index in [1.807, 2.05) is 0 Å². The molecule has 21 heavy (non-hydrogen) atoms. The molecule has 0 saturated heterocycles. The Bertz CT molecular complexity index is 634. The summed E-state index contributed by atoms with van der Waals surface area (Å²) in [6, 6.07) is 6.59. The SMILES string of the molecule is Cc1nc(-c2ccc(N(CC(=O)O)CC(=O)O)cc2)no1. The van der Waals surface area contributed by atoms with Gasteiger partial charge in [-0.1, -0.05) is 5.16 Å². The van der Waals surface area contributed by atoms with Crippen molar-refractivity contribution in [2.24, 2.45) is 0 Å². The number of nitrogens with zero attached hydrogens (tertiary/aromatic N) is 3.